The van der Waals surface area contributed by atoms with Crippen LogP contribution in [0.15, 0.2) is 39.9 Å². The number of thiophene rings is 1. The number of carboxylic acid groups (broad SMARTS) is 1. The van der Waals surface area contributed by atoms with Crippen molar-refractivity contribution in [3.05, 3.63) is 52.4 Å². The van der Waals surface area contributed by atoms with Crippen LogP contribution in [0.3, 0.4) is 0 Å². The van der Waals surface area contributed by atoms with E-state index in [2.05, 4.69) is 4.72 Å². The highest BCUT2D eigenvalue weighted by atomic mass is 32.2. The second-order valence-corrected chi connectivity index (χ2v) is 7.50. The van der Waals surface area contributed by atoms with Crippen LogP contribution in [0.5, 0.6) is 0 Å². The van der Waals surface area contributed by atoms with E-state index in [1.807, 2.05) is 31.2 Å². The molecule has 5 nitrogen and oxygen atoms in total. The first kappa shape index (κ1) is 15.7. The van der Waals surface area contributed by atoms with Gasteiger partial charge in [0.05, 0.1) is 5.56 Å². The maximum absolute atomic E-state index is 12.0. The molecule has 0 bridgehead atoms. The Kier molecular flexibility index (Phi) is 4.76. The van der Waals surface area contributed by atoms with E-state index in [4.69, 9.17) is 5.11 Å². The molecule has 0 fully saturated rings. The van der Waals surface area contributed by atoms with Crippen LogP contribution in [-0.2, 0) is 16.4 Å². The van der Waals surface area contributed by atoms with Gasteiger partial charge in [-0.1, -0.05) is 29.8 Å². The fraction of sp³-hybridized carbons (Fsp3) is 0.214. The highest BCUT2D eigenvalue weighted by Gasteiger charge is 2.18. The Hall–Kier alpha value is -1.70. The summed E-state index contributed by atoms with van der Waals surface area (Å²) in [4.78, 5) is 10.8. The number of aromatic carboxylic acids is 1. The minimum atomic E-state index is -3.65. The van der Waals surface area contributed by atoms with Crippen molar-refractivity contribution in [1.82, 2.24) is 4.72 Å². The summed E-state index contributed by atoms with van der Waals surface area (Å²) in [7, 11) is -3.65. The zero-order valence-corrected chi connectivity index (χ0v) is 13.0. The molecule has 0 saturated carbocycles. The molecule has 0 saturated heterocycles. The van der Waals surface area contributed by atoms with Crippen LogP contribution in [0, 0.1) is 6.92 Å². The van der Waals surface area contributed by atoms with Crippen molar-refractivity contribution >= 4 is 27.3 Å². The van der Waals surface area contributed by atoms with Crippen molar-refractivity contribution in [2.45, 2.75) is 17.6 Å². The molecule has 112 valence electrons. The molecule has 0 unspecified atom stereocenters. The predicted octanol–water partition coefficient (Wildman–Crippen LogP) is 2.28. The summed E-state index contributed by atoms with van der Waals surface area (Å²) in [6.45, 7) is 2.25. The average molecular weight is 325 g/mol. The number of sulfonamides is 1. The maximum Gasteiger partial charge on any atom is 0.336 e. The van der Waals surface area contributed by atoms with Gasteiger partial charge in [0.15, 0.2) is 0 Å². The van der Waals surface area contributed by atoms with E-state index in [-0.39, 0.29) is 16.3 Å². The Morgan fingerprint density at radius 1 is 1.33 bits per heavy atom. The lowest BCUT2D eigenvalue weighted by atomic mass is 10.1. The van der Waals surface area contributed by atoms with Gasteiger partial charge in [-0.25, -0.2) is 17.9 Å². The van der Waals surface area contributed by atoms with E-state index in [1.54, 1.807) is 0 Å². The van der Waals surface area contributed by atoms with E-state index in [9.17, 15) is 13.2 Å². The first-order chi connectivity index (χ1) is 9.88. The van der Waals surface area contributed by atoms with E-state index in [0.717, 1.165) is 22.5 Å². The van der Waals surface area contributed by atoms with Gasteiger partial charge in [-0.05, 0) is 25.0 Å². The molecular weight excluding hydrogens is 310 g/mol. The third-order valence-corrected chi connectivity index (χ3v) is 5.78. The molecule has 2 rings (SSSR count). The van der Waals surface area contributed by atoms with Gasteiger partial charge in [0.25, 0.3) is 0 Å². The standard InChI is InChI=1S/C14H15NO4S2/c1-10-3-2-4-11(7-10)5-6-15-21(18,19)13-8-12(9-20-13)14(16)17/h2-4,7-9,15H,5-6H2,1H3,(H,16,17). The van der Waals surface area contributed by atoms with Crippen molar-refractivity contribution in [2.24, 2.45) is 0 Å². The Morgan fingerprint density at radius 3 is 2.71 bits per heavy atom. The summed E-state index contributed by atoms with van der Waals surface area (Å²) < 4.78 is 26.6. The summed E-state index contributed by atoms with van der Waals surface area (Å²) in [5.74, 6) is -1.13. The smallest absolute Gasteiger partial charge is 0.336 e. The predicted molar refractivity (Wildman–Crippen MR) is 81.3 cm³/mol. The zero-order valence-electron chi connectivity index (χ0n) is 11.4. The van der Waals surface area contributed by atoms with Crippen molar-refractivity contribution in [2.75, 3.05) is 6.54 Å². The Labute approximate surface area is 127 Å². The summed E-state index contributed by atoms with van der Waals surface area (Å²) in [5, 5.41) is 10.1. The summed E-state index contributed by atoms with van der Waals surface area (Å²) in [5.41, 5.74) is 2.16. The molecular formula is C14H15NO4S2. The molecule has 0 aliphatic heterocycles. The SMILES string of the molecule is Cc1cccc(CCNS(=O)(=O)c2cc(C(=O)O)cs2)c1. The molecule has 1 aromatic heterocycles. The van der Waals surface area contributed by atoms with Gasteiger partial charge >= 0.3 is 5.97 Å². The minimum Gasteiger partial charge on any atom is -0.478 e. The lowest BCUT2D eigenvalue weighted by molar-refractivity contribution is 0.0697. The summed E-state index contributed by atoms with van der Waals surface area (Å²) >= 11 is 0.902. The van der Waals surface area contributed by atoms with E-state index < -0.39 is 16.0 Å². The molecule has 2 aromatic rings. The number of benzene rings is 1. The van der Waals surface area contributed by atoms with Crippen molar-refractivity contribution in [1.29, 1.82) is 0 Å². The molecule has 0 spiro atoms. The molecule has 0 amide bonds. The lowest BCUT2D eigenvalue weighted by Gasteiger charge is -2.05. The van der Waals surface area contributed by atoms with Crippen molar-refractivity contribution in [3.8, 4) is 0 Å². The van der Waals surface area contributed by atoms with Crippen LogP contribution in [0.1, 0.15) is 21.5 Å². The molecule has 1 heterocycles. The molecule has 0 aliphatic rings. The monoisotopic (exact) mass is 325 g/mol. The molecule has 0 atom stereocenters. The van der Waals surface area contributed by atoms with Crippen LogP contribution in [0.4, 0.5) is 0 Å². The van der Waals surface area contributed by atoms with Crippen LogP contribution in [-0.4, -0.2) is 26.0 Å². The fourth-order valence-electron chi connectivity index (χ4n) is 1.84. The van der Waals surface area contributed by atoms with Crippen LogP contribution < -0.4 is 4.72 Å². The van der Waals surface area contributed by atoms with Gasteiger partial charge in [-0.3, -0.25) is 0 Å². The fourth-order valence-corrected chi connectivity index (χ4v) is 4.07. The van der Waals surface area contributed by atoms with Crippen LogP contribution in [0.25, 0.3) is 0 Å². The van der Waals surface area contributed by atoms with Gasteiger partial charge in [-0.2, -0.15) is 0 Å². The summed E-state index contributed by atoms with van der Waals surface area (Å²) in [6.07, 6.45) is 0.581. The first-order valence-corrected chi connectivity index (χ1v) is 8.62. The normalized spacial score (nSPS) is 11.5. The number of carbonyl (C=O) groups is 1. The number of aryl methyl sites for hydroxylation is 1. The highest BCUT2D eigenvalue weighted by molar-refractivity contribution is 7.91. The first-order valence-electron chi connectivity index (χ1n) is 6.25. The van der Waals surface area contributed by atoms with Crippen molar-refractivity contribution in [3.63, 3.8) is 0 Å². The molecule has 1 aromatic carbocycles. The van der Waals surface area contributed by atoms with Crippen molar-refractivity contribution < 1.29 is 18.3 Å². The minimum absolute atomic E-state index is 0.0148. The number of nitrogens with one attached hydrogen (secondary N) is 1. The van der Waals surface area contributed by atoms with Gasteiger partial charge in [0.2, 0.25) is 10.0 Å². The largest absolute Gasteiger partial charge is 0.478 e. The number of hydrogen-bond acceptors (Lipinski definition) is 4. The third-order valence-electron chi connectivity index (χ3n) is 2.88. The number of rotatable bonds is 6. The number of hydrogen-bond donors (Lipinski definition) is 2. The Balaban J connectivity index is 1.99. The Bertz CT molecular complexity index is 750. The lowest BCUT2D eigenvalue weighted by Crippen LogP contribution is -2.25. The average Bonchev–Trinajstić information content (AvgIpc) is 2.89. The van der Waals surface area contributed by atoms with E-state index in [0.29, 0.717) is 6.42 Å². The zero-order chi connectivity index (χ0) is 15.5. The second kappa shape index (κ2) is 6.38. The van der Waals surface area contributed by atoms with Crippen LogP contribution in [0.2, 0.25) is 0 Å². The van der Waals surface area contributed by atoms with Gasteiger partial charge in [-0.15, -0.1) is 11.3 Å². The molecule has 0 radical (unpaired) electrons. The molecule has 2 N–H and O–H groups in total. The van der Waals surface area contributed by atoms with Gasteiger partial charge in [0, 0.05) is 11.9 Å². The van der Waals surface area contributed by atoms with Gasteiger partial charge < -0.3 is 5.11 Å². The molecule has 21 heavy (non-hydrogen) atoms. The summed E-state index contributed by atoms with van der Waals surface area (Å²) in [6, 6.07) is 9.02. The van der Waals surface area contributed by atoms with Gasteiger partial charge in [0.1, 0.15) is 4.21 Å². The topological polar surface area (TPSA) is 83.5 Å². The maximum atomic E-state index is 12.0. The number of carboxylic acids is 1. The Morgan fingerprint density at radius 2 is 2.10 bits per heavy atom. The van der Waals surface area contributed by atoms with E-state index in [1.165, 1.54) is 11.4 Å². The second-order valence-electron chi connectivity index (χ2n) is 4.60. The molecule has 0 aliphatic carbocycles. The quantitative estimate of drug-likeness (QED) is 0.853. The molecule has 7 heteroatoms. The van der Waals surface area contributed by atoms with Crippen LogP contribution >= 0.6 is 11.3 Å². The highest BCUT2D eigenvalue weighted by Crippen LogP contribution is 2.20. The van der Waals surface area contributed by atoms with E-state index >= 15 is 0 Å². The third kappa shape index (κ3) is 4.13.